The van der Waals surface area contributed by atoms with Crippen LogP contribution in [-0.4, -0.2) is 15.0 Å². The van der Waals surface area contributed by atoms with Crippen LogP contribution in [-0.2, 0) is 5.54 Å². The van der Waals surface area contributed by atoms with E-state index in [-0.39, 0.29) is 5.54 Å². The van der Waals surface area contributed by atoms with Crippen molar-refractivity contribution in [2.75, 3.05) is 0 Å². The molecule has 0 N–H and O–H groups in total. The SMILES string of the molecule is [C-]#[N+]c1cnn(C(C)(C)C)n1. The second-order valence-corrected chi connectivity index (χ2v) is 3.27. The first-order valence-corrected chi connectivity index (χ1v) is 3.34. The summed E-state index contributed by atoms with van der Waals surface area (Å²) in [6.45, 7) is 12.6. The van der Waals surface area contributed by atoms with Gasteiger partial charge in [0.1, 0.15) is 0 Å². The Morgan fingerprint density at radius 1 is 1.55 bits per heavy atom. The maximum absolute atomic E-state index is 6.67. The van der Waals surface area contributed by atoms with E-state index in [1.165, 1.54) is 6.20 Å². The van der Waals surface area contributed by atoms with E-state index < -0.39 is 0 Å². The largest absolute Gasteiger partial charge is 0.358 e. The first-order valence-electron chi connectivity index (χ1n) is 3.34. The molecule has 1 heterocycles. The smallest absolute Gasteiger partial charge is 0.315 e. The molecule has 4 heteroatoms. The fraction of sp³-hybridized carbons (Fsp3) is 0.571. The zero-order valence-corrected chi connectivity index (χ0v) is 6.87. The summed E-state index contributed by atoms with van der Waals surface area (Å²) in [6, 6.07) is 0. The lowest BCUT2D eigenvalue weighted by molar-refractivity contribution is 0.313. The van der Waals surface area contributed by atoms with E-state index in [4.69, 9.17) is 6.57 Å². The highest BCUT2D eigenvalue weighted by molar-refractivity contribution is 5.29. The number of rotatable bonds is 0. The van der Waals surface area contributed by atoms with E-state index in [2.05, 4.69) is 15.0 Å². The third-order valence-corrected chi connectivity index (χ3v) is 1.19. The number of hydrogen-bond acceptors (Lipinski definition) is 2. The van der Waals surface area contributed by atoms with Gasteiger partial charge in [-0.25, -0.2) is 0 Å². The average molecular weight is 150 g/mol. The summed E-state index contributed by atoms with van der Waals surface area (Å²) in [7, 11) is 0. The van der Waals surface area contributed by atoms with Gasteiger partial charge in [0.2, 0.25) is 0 Å². The fourth-order valence-electron chi connectivity index (χ4n) is 0.629. The normalized spacial score (nSPS) is 11.1. The topological polar surface area (TPSA) is 35.1 Å². The summed E-state index contributed by atoms with van der Waals surface area (Å²) in [5.74, 6) is 0.347. The van der Waals surface area contributed by atoms with E-state index in [9.17, 15) is 0 Å². The maximum Gasteiger partial charge on any atom is 0.315 e. The van der Waals surface area contributed by atoms with Crippen LogP contribution in [0.15, 0.2) is 6.20 Å². The zero-order chi connectivity index (χ0) is 8.48. The van der Waals surface area contributed by atoms with E-state index in [1.807, 2.05) is 20.8 Å². The monoisotopic (exact) mass is 150 g/mol. The van der Waals surface area contributed by atoms with Gasteiger partial charge in [0.25, 0.3) is 0 Å². The Morgan fingerprint density at radius 3 is 2.45 bits per heavy atom. The molecule has 1 aromatic rings. The van der Waals surface area contributed by atoms with Crippen molar-refractivity contribution < 1.29 is 0 Å². The Hall–Kier alpha value is -1.37. The molecule has 0 aliphatic rings. The van der Waals surface area contributed by atoms with E-state index in [1.54, 1.807) is 4.80 Å². The summed E-state index contributed by atoms with van der Waals surface area (Å²) < 4.78 is 0. The van der Waals surface area contributed by atoms with Gasteiger partial charge in [-0.1, -0.05) is 6.57 Å². The Bertz CT molecular complexity index is 286. The van der Waals surface area contributed by atoms with Crippen LogP contribution in [0.5, 0.6) is 0 Å². The molecule has 0 atom stereocenters. The molecule has 0 spiro atoms. The lowest BCUT2D eigenvalue weighted by Crippen LogP contribution is -2.24. The van der Waals surface area contributed by atoms with Crippen molar-refractivity contribution in [2.45, 2.75) is 26.3 Å². The Labute approximate surface area is 65.7 Å². The molecule has 4 nitrogen and oxygen atoms in total. The maximum atomic E-state index is 6.67. The Kier molecular flexibility index (Phi) is 1.65. The molecule has 0 amide bonds. The van der Waals surface area contributed by atoms with Gasteiger partial charge >= 0.3 is 5.82 Å². The van der Waals surface area contributed by atoms with E-state index in [0.717, 1.165) is 0 Å². The standard InChI is InChI=1S/C7H10N4/c1-7(2,3)11-9-5-6(8-4)10-11/h5H,1-3H3. The van der Waals surface area contributed by atoms with Gasteiger partial charge in [0.15, 0.2) is 0 Å². The number of hydrogen-bond donors (Lipinski definition) is 0. The Balaban J connectivity index is 3.01. The molecule has 0 aromatic carbocycles. The van der Waals surface area contributed by atoms with Crippen LogP contribution in [0.25, 0.3) is 4.85 Å². The predicted molar refractivity (Wildman–Crippen MR) is 41.3 cm³/mol. The van der Waals surface area contributed by atoms with Crippen LogP contribution in [0.3, 0.4) is 0 Å². The highest BCUT2D eigenvalue weighted by Gasteiger charge is 2.18. The zero-order valence-electron chi connectivity index (χ0n) is 6.87. The van der Waals surface area contributed by atoms with Crippen molar-refractivity contribution in [3.8, 4) is 0 Å². The summed E-state index contributed by atoms with van der Waals surface area (Å²) >= 11 is 0. The van der Waals surface area contributed by atoms with Gasteiger partial charge in [-0.15, -0.1) is 4.80 Å². The van der Waals surface area contributed by atoms with Crippen molar-refractivity contribution in [1.82, 2.24) is 15.0 Å². The molecule has 0 saturated carbocycles. The second kappa shape index (κ2) is 2.35. The average Bonchev–Trinajstić information content (AvgIpc) is 2.32. The van der Waals surface area contributed by atoms with Crippen LogP contribution < -0.4 is 0 Å². The Morgan fingerprint density at radius 2 is 2.18 bits per heavy atom. The van der Waals surface area contributed by atoms with Gasteiger partial charge in [-0.3, -0.25) is 0 Å². The van der Waals surface area contributed by atoms with Crippen LogP contribution in [0.1, 0.15) is 20.8 Å². The van der Waals surface area contributed by atoms with Crippen molar-refractivity contribution >= 4 is 5.82 Å². The van der Waals surface area contributed by atoms with Crippen LogP contribution in [0, 0.1) is 6.57 Å². The van der Waals surface area contributed by atoms with Crippen LogP contribution in [0.4, 0.5) is 5.82 Å². The van der Waals surface area contributed by atoms with E-state index in [0.29, 0.717) is 5.82 Å². The summed E-state index contributed by atoms with van der Waals surface area (Å²) in [4.78, 5) is 4.70. The minimum Gasteiger partial charge on any atom is -0.358 e. The molecule has 0 fully saturated rings. The van der Waals surface area contributed by atoms with Gasteiger partial charge in [-0.2, -0.15) is 5.10 Å². The molecule has 0 radical (unpaired) electrons. The van der Waals surface area contributed by atoms with Crippen LogP contribution in [0.2, 0.25) is 0 Å². The number of aromatic nitrogens is 3. The van der Waals surface area contributed by atoms with Crippen molar-refractivity contribution in [2.24, 2.45) is 0 Å². The molecular formula is C7H10N4. The molecular weight excluding hydrogens is 140 g/mol. The molecule has 11 heavy (non-hydrogen) atoms. The van der Waals surface area contributed by atoms with Gasteiger partial charge in [0, 0.05) is 0 Å². The molecule has 0 aliphatic heterocycles. The highest BCUT2D eigenvalue weighted by Crippen LogP contribution is 2.13. The highest BCUT2D eigenvalue weighted by atomic mass is 15.5. The summed E-state index contributed by atoms with van der Waals surface area (Å²) in [5, 5.41) is 7.90. The molecule has 0 unspecified atom stereocenters. The third-order valence-electron chi connectivity index (χ3n) is 1.19. The molecule has 58 valence electrons. The molecule has 0 aliphatic carbocycles. The third kappa shape index (κ3) is 1.55. The summed E-state index contributed by atoms with van der Waals surface area (Å²) in [6.07, 6.45) is 1.47. The minimum atomic E-state index is -0.136. The molecule has 0 saturated heterocycles. The van der Waals surface area contributed by atoms with Crippen molar-refractivity contribution in [3.05, 3.63) is 17.6 Å². The minimum absolute atomic E-state index is 0.136. The molecule has 0 bridgehead atoms. The predicted octanol–water partition coefficient (Wildman–Crippen LogP) is 1.58. The van der Waals surface area contributed by atoms with Gasteiger partial charge in [-0.05, 0) is 25.9 Å². The van der Waals surface area contributed by atoms with E-state index >= 15 is 0 Å². The lowest BCUT2D eigenvalue weighted by Gasteiger charge is -2.12. The summed E-state index contributed by atoms with van der Waals surface area (Å²) in [5.41, 5.74) is -0.136. The second-order valence-electron chi connectivity index (χ2n) is 3.27. The van der Waals surface area contributed by atoms with Crippen molar-refractivity contribution in [1.29, 1.82) is 0 Å². The van der Waals surface area contributed by atoms with Gasteiger partial charge < -0.3 is 4.85 Å². The first-order chi connectivity index (χ1) is 5.04. The number of nitrogens with zero attached hydrogens (tertiary/aromatic N) is 4. The van der Waals surface area contributed by atoms with Crippen molar-refractivity contribution in [3.63, 3.8) is 0 Å². The van der Waals surface area contributed by atoms with Crippen LogP contribution >= 0.6 is 0 Å². The first kappa shape index (κ1) is 7.73. The molecule has 1 rings (SSSR count). The lowest BCUT2D eigenvalue weighted by atomic mass is 10.1. The fourth-order valence-corrected chi connectivity index (χ4v) is 0.629. The molecule has 1 aromatic heterocycles. The quantitative estimate of drug-likeness (QED) is 0.526. The van der Waals surface area contributed by atoms with Gasteiger partial charge in [0.05, 0.1) is 11.7 Å².